The van der Waals surface area contributed by atoms with Crippen LogP contribution < -0.4 is 14.8 Å². The lowest BCUT2D eigenvalue weighted by molar-refractivity contribution is -0.142. The zero-order valence-electron chi connectivity index (χ0n) is 22.8. The number of rotatable bonds is 13. The summed E-state index contributed by atoms with van der Waals surface area (Å²) in [5.41, 5.74) is 1.82. The molecule has 40 heavy (non-hydrogen) atoms. The molecule has 1 saturated heterocycles. The molecule has 0 unspecified atom stereocenters. The van der Waals surface area contributed by atoms with Crippen molar-refractivity contribution in [2.24, 2.45) is 0 Å². The molecule has 1 atom stereocenters. The van der Waals surface area contributed by atoms with Gasteiger partial charge in [-0.2, -0.15) is 0 Å². The Labute approximate surface area is 240 Å². The molecule has 1 heterocycles. The first-order chi connectivity index (χ1) is 19.5. The fourth-order valence-corrected chi connectivity index (χ4v) is 4.74. The van der Waals surface area contributed by atoms with Gasteiger partial charge in [-0.1, -0.05) is 66.2 Å². The minimum absolute atomic E-state index is 0.211. The molecule has 0 aromatic heterocycles. The van der Waals surface area contributed by atoms with Crippen molar-refractivity contribution >= 4 is 23.4 Å². The summed E-state index contributed by atoms with van der Waals surface area (Å²) in [5.74, 6) is 0.596. The Morgan fingerprint density at radius 3 is 2.38 bits per heavy atom. The van der Waals surface area contributed by atoms with E-state index in [0.29, 0.717) is 42.7 Å². The van der Waals surface area contributed by atoms with Gasteiger partial charge < -0.3 is 24.4 Å². The SMILES string of the molecule is COc1ccc(CN(C(=O)COc2ccccc2Cl)[C@H](Cc2ccccc2)C(=O)NCCN2CCOCC2)cc1. The van der Waals surface area contributed by atoms with Crippen LogP contribution in [0.15, 0.2) is 78.9 Å². The van der Waals surface area contributed by atoms with Gasteiger partial charge in [0.2, 0.25) is 5.91 Å². The molecule has 3 aromatic rings. The molecule has 0 spiro atoms. The lowest BCUT2D eigenvalue weighted by Crippen LogP contribution is -2.52. The smallest absolute Gasteiger partial charge is 0.261 e. The summed E-state index contributed by atoms with van der Waals surface area (Å²) in [7, 11) is 1.61. The van der Waals surface area contributed by atoms with Crippen LogP contribution in [0.2, 0.25) is 5.02 Å². The summed E-state index contributed by atoms with van der Waals surface area (Å²) < 4.78 is 16.5. The fraction of sp³-hybridized carbons (Fsp3) is 0.355. The Hall–Kier alpha value is -3.59. The number of morpholine rings is 1. The predicted octanol–water partition coefficient (Wildman–Crippen LogP) is 3.82. The topological polar surface area (TPSA) is 80.3 Å². The van der Waals surface area contributed by atoms with E-state index in [-0.39, 0.29) is 25.0 Å². The van der Waals surface area contributed by atoms with Crippen LogP contribution in [0.1, 0.15) is 11.1 Å². The van der Waals surface area contributed by atoms with Gasteiger partial charge in [-0.3, -0.25) is 14.5 Å². The summed E-state index contributed by atoms with van der Waals surface area (Å²) >= 11 is 6.25. The van der Waals surface area contributed by atoms with Gasteiger partial charge in [0.25, 0.3) is 5.91 Å². The fourth-order valence-electron chi connectivity index (χ4n) is 4.55. The molecule has 4 rings (SSSR count). The molecule has 1 aliphatic heterocycles. The summed E-state index contributed by atoms with van der Waals surface area (Å²) in [6, 6.07) is 23.4. The van der Waals surface area contributed by atoms with Crippen LogP contribution >= 0.6 is 11.6 Å². The van der Waals surface area contributed by atoms with E-state index in [1.54, 1.807) is 36.3 Å². The number of para-hydroxylation sites is 1. The minimum Gasteiger partial charge on any atom is -0.497 e. The van der Waals surface area contributed by atoms with Crippen LogP contribution in [0.5, 0.6) is 11.5 Å². The van der Waals surface area contributed by atoms with Gasteiger partial charge in [-0.25, -0.2) is 0 Å². The van der Waals surface area contributed by atoms with E-state index in [1.807, 2.05) is 54.6 Å². The van der Waals surface area contributed by atoms with E-state index in [4.69, 9.17) is 25.8 Å². The van der Waals surface area contributed by atoms with Crippen LogP contribution in [-0.4, -0.2) is 80.8 Å². The Morgan fingerprint density at radius 2 is 1.68 bits per heavy atom. The maximum atomic E-state index is 13.7. The average molecular weight is 566 g/mol. The number of ether oxygens (including phenoxy) is 3. The molecule has 0 radical (unpaired) electrons. The first-order valence-electron chi connectivity index (χ1n) is 13.4. The quantitative estimate of drug-likeness (QED) is 0.339. The van der Waals surface area contributed by atoms with Crippen molar-refractivity contribution in [2.75, 3.05) is 53.1 Å². The molecule has 9 heteroatoms. The maximum absolute atomic E-state index is 13.7. The number of nitrogens with one attached hydrogen (secondary N) is 1. The summed E-state index contributed by atoms with van der Waals surface area (Å²) in [5, 5.41) is 3.49. The number of hydrogen-bond donors (Lipinski definition) is 1. The van der Waals surface area contributed by atoms with Crippen LogP contribution in [0, 0.1) is 0 Å². The number of halogens is 1. The number of hydrogen-bond acceptors (Lipinski definition) is 6. The third kappa shape index (κ3) is 8.71. The monoisotopic (exact) mass is 565 g/mol. The zero-order valence-corrected chi connectivity index (χ0v) is 23.5. The summed E-state index contributed by atoms with van der Waals surface area (Å²) in [6.45, 7) is 4.23. The maximum Gasteiger partial charge on any atom is 0.261 e. The van der Waals surface area contributed by atoms with Crippen molar-refractivity contribution in [2.45, 2.75) is 19.0 Å². The van der Waals surface area contributed by atoms with Crippen molar-refractivity contribution in [3.05, 3.63) is 95.0 Å². The normalized spacial score (nSPS) is 14.2. The van der Waals surface area contributed by atoms with Crippen molar-refractivity contribution in [1.29, 1.82) is 0 Å². The number of carbonyl (C=O) groups excluding carboxylic acids is 2. The molecule has 3 aromatic carbocycles. The molecule has 2 amide bonds. The van der Waals surface area contributed by atoms with Crippen molar-refractivity contribution in [1.82, 2.24) is 15.1 Å². The van der Waals surface area contributed by atoms with Crippen molar-refractivity contribution < 1.29 is 23.8 Å². The van der Waals surface area contributed by atoms with E-state index < -0.39 is 6.04 Å². The minimum atomic E-state index is -0.753. The van der Waals surface area contributed by atoms with Gasteiger partial charge in [0.1, 0.15) is 17.5 Å². The highest BCUT2D eigenvalue weighted by molar-refractivity contribution is 6.32. The Morgan fingerprint density at radius 1 is 0.975 bits per heavy atom. The van der Waals surface area contributed by atoms with Gasteiger partial charge in [0.15, 0.2) is 6.61 Å². The number of nitrogens with zero attached hydrogens (tertiary/aromatic N) is 2. The molecular formula is C31H36ClN3O5. The van der Waals surface area contributed by atoms with E-state index in [9.17, 15) is 9.59 Å². The molecule has 1 aliphatic rings. The van der Waals surface area contributed by atoms with E-state index in [2.05, 4.69) is 10.2 Å². The summed E-state index contributed by atoms with van der Waals surface area (Å²) in [4.78, 5) is 31.3. The Kier molecular flexibility index (Phi) is 11.2. The largest absolute Gasteiger partial charge is 0.497 e. The van der Waals surface area contributed by atoms with E-state index in [0.717, 1.165) is 30.8 Å². The van der Waals surface area contributed by atoms with Gasteiger partial charge in [0.05, 0.1) is 25.3 Å². The van der Waals surface area contributed by atoms with E-state index in [1.165, 1.54) is 0 Å². The van der Waals surface area contributed by atoms with Crippen molar-refractivity contribution in [3.8, 4) is 11.5 Å². The van der Waals surface area contributed by atoms with Crippen LogP contribution in [-0.2, 0) is 27.3 Å². The average Bonchev–Trinajstić information content (AvgIpc) is 2.99. The molecule has 8 nitrogen and oxygen atoms in total. The first kappa shape index (κ1) is 29.4. The lowest BCUT2D eigenvalue weighted by Gasteiger charge is -2.32. The molecule has 0 saturated carbocycles. The zero-order chi connectivity index (χ0) is 28.2. The number of amides is 2. The molecule has 0 aliphatic carbocycles. The number of carbonyl (C=O) groups is 2. The standard InChI is InChI=1S/C31H36ClN3O5/c1-38-26-13-11-25(12-14-26)22-35(30(36)23-40-29-10-6-5-9-27(29)32)28(21-24-7-3-2-4-8-24)31(37)33-15-16-34-17-19-39-20-18-34/h2-14,28H,15-23H2,1H3,(H,33,37)/t28-/m1/s1. The number of benzene rings is 3. The second kappa shape index (κ2) is 15.3. The third-order valence-corrected chi connectivity index (χ3v) is 7.11. The van der Waals surface area contributed by atoms with Crippen LogP contribution in [0.25, 0.3) is 0 Å². The Balaban J connectivity index is 1.55. The molecule has 1 N–H and O–H groups in total. The van der Waals surface area contributed by atoms with Gasteiger partial charge in [-0.15, -0.1) is 0 Å². The summed E-state index contributed by atoms with van der Waals surface area (Å²) in [6.07, 6.45) is 0.359. The van der Waals surface area contributed by atoms with Crippen LogP contribution in [0.3, 0.4) is 0 Å². The van der Waals surface area contributed by atoms with Gasteiger partial charge >= 0.3 is 0 Å². The van der Waals surface area contributed by atoms with E-state index >= 15 is 0 Å². The Bertz CT molecular complexity index is 1220. The second-order valence-electron chi connectivity index (χ2n) is 9.54. The molecule has 0 bridgehead atoms. The predicted molar refractivity (Wildman–Crippen MR) is 155 cm³/mol. The van der Waals surface area contributed by atoms with Gasteiger partial charge in [0, 0.05) is 39.1 Å². The highest BCUT2D eigenvalue weighted by Crippen LogP contribution is 2.24. The van der Waals surface area contributed by atoms with Crippen molar-refractivity contribution in [3.63, 3.8) is 0 Å². The molecule has 1 fully saturated rings. The number of methoxy groups -OCH3 is 1. The molecular weight excluding hydrogens is 530 g/mol. The highest BCUT2D eigenvalue weighted by atomic mass is 35.5. The van der Waals surface area contributed by atoms with Gasteiger partial charge in [-0.05, 0) is 35.4 Å². The lowest BCUT2D eigenvalue weighted by atomic mass is 10.0. The van der Waals surface area contributed by atoms with Crippen LogP contribution in [0.4, 0.5) is 0 Å². The third-order valence-electron chi connectivity index (χ3n) is 6.80. The second-order valence-corrected chi connectivity index (χ2v) is 9.95. The first-order valence-corrected chi connectivity index (χ1v) is 13.8. The molecule has 212 valence electrons. The highest BCUT2D eigenvalue weighted by Gasteiger charge is 2.31.